The lowest BCUT2D eigenvalue weighted by Gasteiger charge is -2.02. The minimum atomic E-state index is 0.557. The van der Waals surface area contributed by atoms with Crippen molar-refractivity contribution in [2.45, 2.75) is 39.8 Å². The van der Waals surface area contributed by atoms with Crippen LogP contribution in [0.2, 0.25) is 0 Å². The molecule has 1 aromatic carbocycles. The maximum Gasteiger partial charge on any atom is 0.130 e. The molecule has 2 aromatic rings. The van der Waals surface area contributed by atoms with Gasteiger partial charge in [-0.15, -0.1) is 0 Å². The van der Waals surface area contributed by atoms with Gasteiger partial charge in [0.25, 0.3) is 0 Å². The van der Waals surface area contributed by atoms with E-state index < -0.39 is 0 Å². The summed E-state index contributed by atoms with van der Waals surface area (Å²) in [5.41, 5.74) is 2.59. The highest BCUT2D eigenvalue weighted by molar-refractivity contribution is 5.20. The summed E-state index contributed by atoms with van der Waals surface area (Å²) in [6, 6.07) is 12.6. The minimum absolute atomic E-state index is 0.557. The molecule has 2 rings (SSSR count). The average Bonchev–Trinajstić information content (AvgIpc) is 2.86. The van der Waals surface area contributed by atoms with Gasteiger partial charge in [0.15, 0.2) is 0 Å². The standard InChI is InChI=1S/C18H25NO2/c1-3-19-13-17-12-18(21-15(17)2)14-20-11-7-10-16-8-5-4-6-9-16/h4-6,8-9,12,19H,3,7,10-11,13-14H2,1-2H3. The highest BCUT2D eigenvalue weighted by Crippen LogP contribution is 2.15. The van der Waals surface area contributed by atoms with Gasteiger partial charge in [-0.2, -0.15) is 0 Å². The Morgan fingerprint density at radius 1 is 1.19 bits per heavy atom. The zero-order chi connectivity index (χ0) is 14.9. The smallest absolute Gasteiger partial charge is 0.130 e. The summed E-state index contributed by atoms with van der Waals surface area (Å²) in [7, 11) is 0. The maximum atomic E-state index is 5.71. The van der Waals surface area contributed by atoms with Gasteiger partial charge < -0.3 is 14.5 Å². The third-order valence-corrected chi connectivity index (χ3v) is 3.48. The van der Waals surface area contributed by atoms with Crippen molar-refractivity contribution in [3.05, 3.63) is 59.0 Å². The van der Waals surface area contributed by atoms with E-state index in [0.29, 0.717) is 6.61 Å². The van der Waals surface area contributed by atoms with Gasteiger partial charge >= 0.3 is 0 Å². The van der Waals surface area contributed by atoms with Gasteiger partial charge in [0, 0.05) is 18.7 Å². The molecule has 0 fully saturated rings. The van der Waals surface area contributed by atoms with Crippen LogP contribution in [0.5, 0.6) is 0 Å². The molecule has 0 bridgehead atoms. The van der Waals surface area contributed by atoms with Crippen LogP contribution in [0.25, 0.3) is 0 Å². The normalized spacial score (nSPS) is 11.0. The van der Waals surface area contributed by atoms with Crippen LogP contribution in [0.4, 0.5) is 0 Å². The van der Waals surface area contributed by atoms with Crippen LogP contribution in [-0.2, 0) is 24.3 Å². The molecule has 0 saturated carbocycles. The van der Waals surface area contributed by atoms with E-state index >= 15 is 0 Å². The summed E-state index contributed by atoms with van der Waals surface area (Å²) in [5.74, 6) is 1.90. The summed E-state index contributed by atoms with van der Waals surface area (Å²) in [6.07, 6.45) is 2.09. The zero-order valence-corrected chi connectivity index (χ0v) is 13.0. The van der Waals surface area contributed by atoms with Gasteiger partial charge in [-0.1, -0.05) is 37.3 Å². The second kappa shape index (κ2) is 8.65. The van der Waals surface area contributed by atoms with Crippen LogP contribution < -0.4 is 5.32 Å². The van der Waals surface area contributed by atoms with Gasteiger partial charge in [-0.05, 0) is 37.9 Å². The highest BCUT2D eigenvalue weighted by atomic mass is 16.5. The lowest BCUT2D eigenvalue weighted by atomic mass is 10.1. The molecule has 3 nitrogen and oxygen atoms in total. The number of hydrogen-bond donors (Lipinski definition) is 1. The fourth-order valence-electron chi connectivity index (χ4n) is 2.29. The van der Waals surface area contributed by atoms with Crippen molar-refractivity contribution in [3.63, 3.8) is 0 Å². The van der Waals surface area contributed by atoms with Crippen LogP contribution >= 0.6 is 0 Å². The van der Waals surface area contributed by atoms with Gasteiger partial charge in [0.2, 0.25) is 0 Å². The summed E-state index contributed by atoms with van der Waals surface area (Å²) in [5, 5.41) is 3.31. The molecule has 0 amide bonds. The number of aryl methyl sites for hydroxylation is 2. The molecule has 21 heavy (non-hydrogen) atoms. The average molecular weight is 287 g/mol. The molecule has 0 radical (unpaired) electrons. The quantitative estimate of drug-likeness (QED) is 0.711. The predicted molar refractivity (Wildman–Crippen MR) is 85.2 cm³/mol. The van der Waals surface area contributed by atoms with Crippen molar-refractivity contribution >= 4 is 0 Å². The van der Waals surface area contributed by atoms with E-state index in [1.807, 2.05) is 13.0 Å². The Balaban J connectivity index is 1.66. The number of nitrogens with one attached hydrogen (secondary N) is 1. The Bertz CT molecular complexity index is 519. The van der Waals surface area contributed by atoms with Crippen LogP contribution in [0.15, 0.2) is 40.8 Å². The topological polar surface area (TPSA) is 34.4 Å². The van der Waals surface area contributed by atoms with Crippen molar-refractivity contribution in [2.75, 3.05) is 13.2 Å². The molecule has 0 spiro atoms. The first kappa shape index (κ1) is 15.8. The number of ether oxygens (including phenoxy) is 1. The number of benzene rings is 1. The lowest BCUT2D eigenvalue weighted by molar-refractivity contribution is 0.103. The first-order valence-corrected chi connectivity index (χ1v) is 7.70. The Labute approximate surface area is 127 Å². The second-order valence-corrected chi connectivity index (χ2v) is 5.22. The molecular formula is C18H25NO2. The van der Waals surface area contributed by atoms with Crippen LogP contribution in [0, 0.1) is 6.92 Å². The monoisotopic (exact) mass is 287 g/mol. The minimum Gasteiger partial charge on any atom is -0.464 e. The molecule has 0 aliphatic heterocycles. The van der Waals surface area contributed by atoms with E-state index in [4.69, 9.17) is 9.15 Å². The molecule has 0 aliphatic rings. The third kappa shape index (κ3) is 5.37. The Morgan fingerprint density at radius 3 is 2.76 bits per heavy atom. The van der Waals surface area contributed by atoms with Gasteiger partial charge in [-0.3, -0.25) is 0 Å². The van der Waals surface area contributed by atoms with Crippen molar-refractivity contribution in [1.29, 1.82) is 0 Å². The van der Waals surface area contributed by atoms with Crippen molar-refractivity contribution in [3.8, 4) is 0 Å². The van der Waals surface area contributed by atoms with Crippen molar-refractivity contribution in [2.24, 2.45) is 0 Å². The molecule has 1 heterocycles. The molecule has 114 valence electrons. The maximum absolute atomic E-state index is 5.71. The number of furan rings is 1. The molecule has 1 aromatic heterocycles. The third-order valence-electron chi connectivity index (χ3n) is 3.48. The lowest BCUT2D eigenvalue weighted by Crippen LogP contribution is -2.11. The van der Waals surface area contributed by atoms with Crippen LogP contribution in [-0.4, -0.2) is 13.2 Å². The van der Waals surface area contributed by atoms with E-state index in [0.717, 1.165) is 44.1 Å². The van der Waals surface area contributed by atoms with Crippen molar-refractivity contribution in [1.82, 2.24) is 5.32 Å². The first-order valence-electron chi connectivity index (χ1n) is 7.70. The fraction of sp³-hybridized carbons (Fsp3) is 0.444. The van der Waals surface area contributed by atoms with E-state index in [9.17, 15) is 0 Å². The highest BCUT2D eigenvalue weighted by Gasteiger charge is 2.06. The van der Waals surface area contributed by atoms with E-state index in [1.165, 1.54) is 11.1 Å². The van der Waals surface area contributed by atoms with Gasteiger partial charge in [-0.25, -0.2) is 0 Å². The van der Waals surface area contributed by atoms with Gasteiger partial charge in [0.1, 0.15) is 18.1 Å². The van der Waals surface area contributed by atoms with Crippen molar-refractivity contribution < 1.29 is 9.15 Å². The second-order valence-electron chi connectivity index (χ2n) is 5.22. The Morgan fingerprint density at radius 2 is 2.00 bits per heavy atom. The first-order chi connectivity index (χ1) is 10.3. The largest absolute Gasteiger partial charge is 0.464 e. The van der Waals surface area contributed by atoms with E-state index in [1.54, 1.807) is 0 Å². The zero-order valence-electron chi connectivity index (χ0n) is 13.0. The summed E-state index contributed by atoms with van der Waals surface area (Å²) in [6.45, 7) is 7.26. The molecule has 0 unspecified atom stereocenters. The summed E-state index contributed by atoms with van der Waals surface area (Å²) < 4.78 is 11.4. The molecular weight excluding hydrogens is 262 g/mol. The Kier molecular flexibility index (Phi) is 6.51. The van der Waals surface area contributed by atoms with Gasteiger partial charge in [0.05, 0.1) is 0 Å². The SMILES string of the molecule is CCNCc1cc(COCCCc2ccccc2)oc1C. The molecule has 0 atom stereocenters. The molecule has 0 saturated heterocycles. The Hall–Kier alpha value is -1.58. The van der Waals surface area contributed by atoms with Crippen LogP contribution in [0.3, 0.4) is 0 Å². The fourth-order valence-corrected chi connectivity index (χ4v) is 2.29. The summed E-state index contributed by atoms with van der Waals surface area (Å²) >= 11 is 0. The van der Waals surface area contributed by atoms with E-state index in [-0.39, 0.29) is 0 Å². The molecule has 0 aliphatic carbocycles. The molecule has 3 heteroatoms. The van der Waals surface area contributed by atoms with E-state index in [2.05, 4.69) is 42.6 Å². The summed E-state index contributed by atoms with van der Waals surface area (Å²) in [4.78, 5) is 0. The number of hydrogen-bond acceptors (Lipinski definition) is 3. The predicted octanol–water partition coefficient (Wildman–Crippen LogP) is 3.85. The number of rotatable bonds is 9. The van der Waals surface area contributed by atoms with Crippen LogP contribution in [0.1, 0.15) is 36.0 Å². The molecule has 1 N–H and O–H groups in total.